The number of nitrogens with two attached hydrogens (primary N) is 1. The Kier molecular flexibility index (Phi) is 17.2. The SMILES string of the molecule is NC(CCC(=O)NC(CS)C(=O)NCC(=O)[O-])C(=O)[O-].[Au+].[Au+]. The molecule has 0 aliphatic rings. The van der Waals surface area contributed by atoms with Crippen LogP contribution in [0.5, 0.6) is 0 Å². The second-order valence-electron chi connectivity index (χ2n) is 3.86. The van der Waals surface area contributed by atoms with Crippen molar-refractivity contribution in [3.63, 3.8) is 0 Å². The molecule has 2 unspecified atom stereocenters. The fourth-order valence-electron chi connectivity index (χ4n) is 1.15. The van der Waals surface area contributed by atoms with Crippen LogP contribution in [0.1, 0.15) is 12.8 Å². The van der Waals surface area contributed by atoms with Crippen LogP contribution >= 0.6 is 12.6 Å². The number of rotatable bonds is 9. The molecule has 22 heavy (non-hydrogen) atoms. The quantitative estimate of drug-likeness (QED) is 0.139. The molecule has 4 N–H and O–H groups in total. The van der Waals surface area contributed by atoms with Crippen molar-refractivity contribution in [1.29, 1.82) is 0 Å². The van der Waals surface area contributed by atoms with E-state index in [1.54, 1.807) is 0 Å². The van der Waals surface area contributed by atoms with Crippen LogP contribution < -0.4 is 26.6 Å². The first-order valence-corrected chi connectivity index (χ1v) is 6.25. The summed E-state index contributed by atoms with van der Waals surface area (Å²) in [6.07, 6.45) is -0.360. The van der Waals surface area contributed by atoms with Gasteiger partial charge in [-0.3, -0.25) is 9.59 Å². The van der Waals surface area contributed by atoms with Crippen LogP contribution in [0, 0.1) is 0 Å². The number of carbonyl (C=O) groups is 4. The Morgan fingerprint density at radius 2 is 1.68 bits per heavy atom. The Bertz CT molecular complexity index is 399. The van der Waals surface area contributed by atoms with Gasteiger partial charge in [0.05, 0.1) is 18.5 Å². The summed E-state index contributed by atoms with van der Waals surface area (Å²) in [6.45, 7) is -0.686. The fourth-order valence-corrected chi connectivity index (χ4v) is 1.40. The maximum atomic E-state index is 11.5. The van der Waals surface area contributed by atoms with Gasteiger partial charge in [-0.1, -0.05) is 0 Å². The van der Waals surface area contributed by atoms with Gasteiger partial charge in [-0.25, -0.2) is 0 Å². The molecule has 12 heteroatoms. The first-order valence-electron chi connectivity index (χ1n) is 5.62. The molecule has 134 valence electrons. The van der Waals surface area contributed by atoms with Crippen LogP contribution in [0.4, 0.5) is 0 Å². The number of carbonyl (C=O) groups excluding carboxylic acids is 4. The first-order chi connectivity index (χ1) is 9.27. The second-order valence-corrected chi connectivity index (χ2v) is 4.22. The number of thiol groups is 1. The van der Waals surface area contributed by atoms with Gasteiger partial charge >= 0.3 is 44.8 Å². The average Bonchev–Trinajstić information content (AvgIpc) is 2.38. The third-order valence-electron chi connectivity index (χ3n) is 2.23. The van der Waals surface area contributed by atoms with Gasteiger partial charge in [0.15, 0.2) is 0 Å². The summed E-state index contributed by atoms with van der Waals surface area (Å²) in [7, 11) is 0. The number of aliphatic carboxylic acids is 2. The van der Waals surface area contributed by atoms with E-state index in [1.165, 1.54) is 0 Å². The number of hydrogen-bond acceptors (Lipinski definition) is 8. The standard InChI is InChI=1S/C10H17N3O6S.2Au/c11-5(10(18)19)1-2-7(14)13-6(4-20)9(17)12-3-8(15)16;;/h5-6,20H,1-4,11H2,(H,12,17)(H,13,14)(H,15,16)(H,18,19);;/q;2*+1/p-2. The van der Waals surface area contributed by atoms with Crippen LogP contribution in [0.3, 0.4) is 0 Å². The van der Waals surface area contributed by atoms with Gasteiger partial charge in [0.25, 0.3) is 0 Å². The van der Waals surface area contributed by atoms with Gasteiger partial charge in [0, 0.05) is 18.2 Å². The van der Waals surface area contributed by atoms with Gasteiger partial charge < -0.3 is 36.2 Å². The van der Waals surface area contributed by atoms with Gasteiger partial charge in [-0.15, -0.1) is 0 Å². The zero-order valence-corrected chi connectivity index (χ0v) is 16.3. The summed E-state index contributed by atoms with van der Waals surface area (Å²) in [5.74, 6) is -4.35. The van der Waals surface area contributed by atoms with E-state index in [-0.39, 0.29) is 63.4 Å². The number of amides is 2. The zero-order valence-electron chi connectivity index (χ0n) is 11.1. The summed E-state index contributed by atoms with van der Waals surface area (Å²) in [5.41, 5.74) is 5.16. The number of nitrogens with one attached hydrogen (secondary N) is 2. The molecule has 0 fully saturated rings. The summed E-state index contributed by atoms with van der Waals surface area (Å²) < 4.78 is 0. The zero-order chi connectivity index (χ0) is 15.7. The largest absolute Gasteiger partial charge is 1.00 e. The van der Waals surface area contributed by atoms with E-state index in [9.17, 15) is 29.4 Å². The number of hydrogen-bond donors (Lipinski definition) is 4. The molecule has 0 saturated heterocycles. The van der Waals surface area contributed by atoms with Gasteiger partial charge in [0.2, 0.25) is 11.8 Å². The van der Waals surface area contributed by atoms with Crippen LogP contribution in [0.2, 0.25) is 0 Å². The Morgan fingerprint density at radius 3 is 2.09 bits per heavy atom. The number of carboxylic acid groups (broad SMARTS) is 2. The van der Waals surface area contributed by atoms with Crippen LogP contribution in [-0.4, -0.2) is 48.1 Å². The molecule has 0 bridgehead atoms. The van der Waals surface area contributed by atoms with E-state index in [0.29, 0.717) is 0 Å². The average molecular weight is 699 g/mol. The van der Waals surface area contributed by atoms with Crippen molar-refractivity contribution in [3.05, 3.63) is 0 Å². The molecule has 0 aromatic heterocycles. The topological polar surface area (TPSA) is 164 Å². The van der Waals surface area contributed by atoms with Crippen LogP contribution in [0.15, 0.2) is 0 Å². The molecule has 0 aliphatic carbocycles. The predicted octanol–water partition coefficient (Wildman–Crippen LogP) is -4.88. The molecule has 0 aliphatic heterocycles. The van der Waals surface area contributed by atoms with E-state index < -0.39 is 42.4 Å². The molecule has 0 aromatic rings. The van der Waals surface area contributed by atoms with Crippen molar-refractivity contribution >= 4 is 36.4 Å². The van der Waals surface area contributed by atoms with Crippen LogP contribution in [-0.2, 0) is 63.9 Å². The van der Waals surface area contributed by atoms with E-state index >= 15 is 0 Å². The van der Waals surface area contributed by atoms with E-state index in [1.807, 2.05) is 5.32 Å². The molecular formula is C10H15Au2N3O6S. The molecule has 0 aromatic carbocycles. The van der Waals surface area contributed by atoms with Crippen molar-refractivity contribution in [3.8, 4) is 0 Å². The third kappa shape index (κ3) is 12.2. The Labute approximate surface area is 163 Å². The van der Waals surface area contributed by atoms with Gasteiger partial charge in [-0.2, -0.15) is 12.6 Å². The van der Waals surface area contributed by atoms with E-state index in [2.05, 4.69) is 17.9 Å². The first kappa shape index (κ1) is 26.6. The molecule has 2 atom stereocenters. The monoisotopic (exact) mass is 699 g/mol. The van der Waals surface area contributed by atoms with Gasteiger partial charge in [-0.05, 0) is 6.42 Å². The fraction of sp³-hybridized carbons (Fsp3) is 0.600. The molecule has 0 rings (SSSR count). The minimum absolute atomic E-state index is 0. The minimum atomic E-state index is -1.48. The number of carboxylic acids is 2. The Morgan fingerprint density at radius 1 is 1.14 bits per heavy atom. The predicted molar refractivity (Wildman–Crippen MR) is 66.0 cm³/mol. The smallest absolute Gasteiger partial charge is 0.548 e. The van der Waals surface area contributed by atoms with Crippen molar-refractivity contribution in [1.82, 2.24) is 10.6 Å². The van der Waals surface area contributed by atoms with Crippen molar-refractivity contribution < 1.29 is 74.2 Å². The van der Waals surface area contributed by atoms with E-state index in [4.69, 9.17) is 5.73 Å². The van der Waals surface area contributed by atoms with E-state index in [0.717, 1.165) is 0 Å². The molecular weight excluding hydrogens is 684 g/mol. The molecule has 0 saturated carbocycles. The molecule has 0 heterocycles. The third-order valence-corrected chi connectivity index (χ3v) is 2.59. The second kappa shape index (κ2) is 14.3. The molecule has 0 spiro atoms. The summed E-state index contributed by atoms with van der Waals surface area (Å²) in [6, 6.07) is -2.31. The minimum Gasteiger partial charge on any atom is -0.548 e. The van der Waals surface area contributed by atoms with Crippen LogP contribution in [0.25, 0.3) is 0 Å². The molecule has 0 radical (unpaired) electrons. The Hall–Kier alpha value is -0.329. The molecule has 2 amide bonds. The summed E-state index contributed by atoms with van der Waals surface area (Å²) >= 11 is 3.85. The van der Waals surface area contributed by atoms with Crippen molar-refractivity contribution in [2.75, 3.05) is 12.3 Å². The maximum Gasteiger partial charge on any atom is 1.00 e. The summed E-state index contributed by atoms with van der Waals surface area (Å²) in [5, 5.41) is 24.8. The maximum absolute atomic E-state index is 11.5. The Balaban J connectivity index is -0.00000180. The van der Waals surface area contributed by atoms with Crippen molar-refractivity contribution in [2.45, 2.75) is 24.9 Å². The normalized spacial score (nSPS) is 11.9. The van der Waals surface area contributed by atoms with Crippen molar-refractivity contribution in [2.24, 2.45) is 5.73 Å². The molecule has 9 nitrogen and oxygen atoms in total. The van der Waals surface area contributed by atoms with Gasteiger partial charge in [0.1, 0.15) is 6.04 Å². The summed E-state index contributed by atoms with van der Waals surface area (Å²) in [4.78, 5) is 43.4.